The first-order valence-electron chi connectivity index (χ1n) is 9.72. The molecule has 1 N–H and O–H groups in total. The fourth-order valence-electron chi connectivity index (χ4n) is 3.51. The lowest BCUT2D eigenvalue weighted by Crippen LogP contribution is -2.28. The minimum Gasteiger partial charge on any atom is -0.455 e. The summed E-state index contributed by atoms with van der Waals surface area (Å²) in [5, 5.41) is 6.93. The van der Waals surface area contributed by atoms with Crippen molar-refractivity contribution in [3.05, 3.63) is 60.1 Å². The van der Waals surface area contributed by atoms with E-state index in [0.717, 1.165) is 24.1 Å². The largest absolute Gasteiger partial charge is 0.455 e. The molecule has 4 rings (SSSR count). The van der Waals surface area contributed by atoms with E-state index in [4.69, 9.17) is 4.42 Å². The van der Waals surface area contributed by atoms with E-state index >= 15 is 0 Å². The highest BCUT2D eigenvalue weighted by atomic mass is 32.2. The summed E-state index contributed by atoms with van der Waals surface area (Å²) in [6.07, 6.45) is 4.75. The van der Waals surface area contributed by atoms with E-state index in [1.165, 1.54) is 16.7 Å². The SMILES string of the molecule is Cc1oc(C(=O)NC(C)c2ccc(-n3cncn3)cc2)cc1S(=O)(=O)N1CCCC1. The predicted octanol–water partition coefficient (Wildman–Crippen LogP) is 2.44. The highest BCUT2D eigenvalue weighted by Gasteiger charge is 2.31. The van der Waals surface area contributed by atoms with Crippen LogP contribution in [0.15, 0.2) is 52.3 Å². The fourth-order valence-corrected chi connectivity index (χ4v) is 5.19. The van der Waals surface area contributed by atoms with Gasteiger partial charge in [0.25, 0.3) is 5.91 Å². The number of sulfonamides is 1. The third-order valence-electron chi connectivity index (χ3n) is 5.20. The summed E-state index contributed by atoms with van der Waals surface area (Å²) in [7, 11) is -3.64. The molecular weight excluding hydrogens is 406 g/mol. The number of nitrogens with zero attached hydrogens (tertiary/aromatic N) is 4. The van der Waals surface area contributed by atoms with E-state index in [0.29, 0.717) is 13.1 Å². The number of nitrogens with one attached hydrogen (secondary N) is 1. The van der Waals surface area contributed by atoms with Gasteiger partial charge in [-0.05, 0) is 44.4 Å². The summed E-state index contributed by atoms with van der Waals surface area (Å²) < 4.78 is 34.1. The molecule has 0 spiro atoms. The zero-order chi connectivity index (χ0) is 21.3. The Labute approximate surface area is 174 Å². The van der Waals surface area contributed by atoms with E-state index < -0.39 is 15.9 Å². The summed E-state index contributed by atoms with van der Waals surface area (Å²) in [5.41, 5.74) is 1.74. The second kappa shape index (κ2) is 8.04. The molecule has 1 fully saturated rings. The first kappa shape index (κ1) is 20.3. The zero-order valence-corrected chi connectivity index (χ0v) is 17.6. The number of carbonyl (C=O) groups excluding carboxylic acids is 1. The molecule has 158 valence electrons. The molecule has 1 atom stereocenters. The molecule has 2 aromatic heterocycles. The number of amides is 1. The summed E-state index contributed by atoms with van der Waals surface area (Å²) in [5.74, 6) is -0.262. The number of aromatic nitrogens is 3. The third-order valence-corrected chi connectivity index (χ3v) is 7.21. The number of hydrogen-bond donors (Lipinski definition) is 1. The normalized spacial score (nSPS) is 15.9. The van der Waals surface area contributed by atoms with Gasteiger partial charge in [0.05, 0.1) is 11.7 Å². The van der Waals surface area contributed by atoms with Gasteiger partial charge in [0.2, 0.25) is 10.0 Å². The molecule has 9 nitrogen and oxygen atoms in total. The minimum absolute atomic E-state index is 0.0173. The van der Waals surface area contributed by atoms with E-state index in [1.807, 2.05) is 31.2 Å². The summed E-state index contributed by atoms with van der Waals surface area (Å²) in [6.45, 7) is 4.40. The molecule has 3 heterocycles. The summed E-state index contributed by atoms with van der Waals surface area (Å²) in [4.78, 5) is 16.6. The number of carbonyl (C=O) groups is 1. The van der Waals surface area contributed by atoms with Gasteiger partial charge in [-0.25, -0.2) is 18.1 Å². The van der Waals surface area contributed by atoms with Crippen LogP contribution in [0.1, 0.15) is 47.7 Å². The van der Waals surface area contributed by atoms with Gasteiger partial charge in [0, 0.05) is 19.2 Å². The molecule has 0 saturated carbocycles. The van der Waals surface area contributed by atoms with Crippen molar-refractivity contribution < 1.29 is 17.6 Å². The van der Waals surface area contributed by atoms with Gasteiger partial charge in [-0.1, -0.05) is 12.1 Å². The van der Waals surface area contributed by atoms with Crippen LogP contribution in [0.5, 0.6) is 0 Å². The molecule has 1 aliphatic rings. The van der Waals surface area contributed by atoms with Crippen LogP contribution < -0.4 is 5.32 Å². The third kappa shape index (κ3) is 3.88. The number of benzene rings is 1. The molecule has 1 aliphatic heterocycles. The Morgan fingerprint density at radius 1 is 1.20 bits per heavy atom. The van der Waals surface area contributed by atoms with Crippen molar-refractivity contribution in [2.45, 2.75) is 37.6 Å². The van der Waals surface area contributed by atoms with Crippen LogP contribution in [0.25, 0.3) is 5.69 Å². The Morgan fingerprint density at radius 2 is 1.90 bits per heavy atom. The molecule has 1 saturated heterocycles. The van der Waals surface area contributed by atoms with Crippen molar-refractivity contribution in [2.24, 2.45) is 0 Å². The van der Waals surface area contributed by atoms with Gasteiger partial charge in [0.15, 0.2) is 5.76 Å². The van der Waals surface area contributed by atoms with Crippen molar-refractivity contribution in [2.75, 3.05) is 13.1 Å². The predicted molar refractivity (Wildman–Crippen MR) is 109 cm³/mol. The first-order valence-corrected chi connectivity index (χ1v) is 11.2. The van der Waals surface area contributed by atoms with Crippen LogP contribution in [0.3, 0.4) is 0 Å². The Kier molecular flexibility index (Phi) is 5.44. The smallest absolute Gasteiger partial charge is 0.287 e. The van der Waals surface area contributed by atoms with Crippen LogP contribution in [-0.2, 0) is 10.0 Å². The molecule has 0 bridgehead atoms. The van der Waals surface area contributed by atoms with Crippen molar-refractivity contribution in [1.82, 2.24) is 24.4 Å². The van der Waals surface area contributed by atoms with Crippen LogP contribution in [0.2, 0.25) is 0 Å². The number of furan rings is 1. The maximum atomic E-state index is 12.8. The minimum atomic E-state index is -3.64. The van der Waals surface area contributed by atoms with Crippen molar-refractivity contribution >= 4 is 15.9 Å². The molecule has 1 aromatic carbocycles. The van der Waals surface area contributed by atoms with Crippen molar-refractivity contribution in [3.63, 3.8) is 0 Å². The zero-order valence-electron chi connectivity index (χ0n) is 16.8. The van der Waals surface area contributed by atoms with Crippen LogP contribution in [-0.4, -0.2) is 46.5 Å². The second-order valence-corrected chi connectivity index (χ2v) is 9.18. The maximum Gasteiger partial charge on any atom is 0.287 e. The van der Waals surface area contributed by atoms with Gasteiger partial charge in [-0.3, -0.25) is 4.79 Å². The summed E-state index contributed by atoms with van der Waals surface area (Å²) in [6, 6.07) is 8.55. The van der Waals surface area contributed by atoms with Gasteiger partial charge >= 0.3 is 0 Å². The van der Waals surface area contributed by atoms with Crippen LogP contribution in [0, 0.1) is 6.92 Å². The molecule has 1 amide bonds. The Balaban J connectivity index is 1.47. The molecule has 10 heteroatoms. The van der Waals surface area contributed by atoms with Crippen LogP contribution in [0.4, 0.5) is 0 Å². The molecule has 3 aromatic rings. The highest BCUT2D eigenvalue weighted by molar-refractivity contribution is 7.89. The van der Waals surface area contributed by atoms with Crippen molar-refractivity contribution in [1.29, 1.82) is 0 Å². The highest BCUT2D eigenvalue weighted by Crippen LogP contribution is 2.26. The molecular formula is C20H23N5O4S. The Bertz CT molecular complexity index is 1130. The first-order chi connectivity index (χ1) is 14.4. The lowest BCUT2D eigenvalue weighted by atomic mass is 10.1. The molecule has 0 aliphatic carbocycles. The molecule has 1 unspecified atom stereocenters. The Hall–Kier alpha value is -2.98. The standard InChI is InChI=1S/C20H23N5O4S/c1-14(16-5-7-17(8-6-16)25-13-21-12-22-25)23-20(26)18-11-19(15(2)29-18)30(27,28)24-9-3-4-10-24/h5-8,11-14H,3-4,9-10H2,1-2H3,(H,23,26). The lowest BCUT2D eigenvalue weighted by molar-refractivity contribution is 0.0910. The van der Waals surface area contributed by atoms with E-state index in [1.54, 1.807) is 17.9 Å². The lowest BCUT2D eigenvalue weighted by Gasteiger charge is -2.14. The van der Waals surface area contributed by atoms with Gasteiger partial charge < -0.3 is 9.73 Å². The topological polar surface area (TPSA) is 110 Å². The van der Waals surface area contributed by atoms with E-state index in [2.05, 4.69) is 15.4 Å². The average Bonchev–Trinajstić information content (AvgIpc) is 3.49. The average molecular weight is 430 g/mol. The van der Waals surface area contributed by atoms with Gasteiger partial charge in [0.1, 0.15) is 23.3 Å². The molecule has 30 heavy (non-hydrogen) atoms. The number of rotatable bonds is 6. The Morgan fingerprint density at radius 3 is 2.53 bits per heavy atom. The monoisotopic (exact) mass is 429 g/mol. The second-order valence-electron chi connectivity index (χ2n) is 7.27. The van der Waals surface area contributed by atoms with Gasteiger partial charge in [-0.15, -0.1) is 0 Å². The van der Waals surface area contributed by atoms with Gasteiger partial charge in [-0.2, -0.15) is 9.40 Å². The van der Waals surface area contributed by atoms with E-state index in [9.17, 15) is 13.2 Å². The molecule has 0 radical (unpaired) electrons. The number of hydrogen-bond acceptors (Lipinski definition) is 6. The fraction of sp³-hybridized carbons (Fsp3) is 0.350. The van der Waals surface area contributed by atoms with Crippen molar-refractivity contribution in [3.8, 4) is 5.69 Å². The summed E-state index contributed by atoms with van der Waals surface area (Å²) >= 11 is 0. The quantitative estimate of drug-likeness (QED) is 0.644. The van der Waals surface area contributed by atoms with E-state index in [-0.39, 0.29) is 22.5 Å². The van der Waals surface area contributed by atoms with Crippen LogP contribution >= 0.6 is 0 Å². The maximum absolute atomic E-state index is 12.8. The number of aryl methyl sites for hydroxylation is 1.